The molecule has 0 aliphatic carbocycles. The van der Waals surface area contributed by atoms with Gasteiger partial charge in [0.2, 0.25) is 5.91 Å². The number of hydrogen-bond acceptors (Lipinski definition) is 2. The number of aromatic amines is 1. The molecule has 3 aromatic rings. The number of fused-ring (bicyclic) bond motifs is 1. The third-order valence-electron chi connectivity index (χ3n) is 5.66. The van der Waals surface area contributed by atoms with Crippen molar-refractivity contribution in [3.63, 3.8) is 0 Å². The molecule has 1 fully saturated rings. The molecule has 5 heteroatoms. The molecule has 1 saturated heterocycles. The van der Waals surface area contributed by atoms with E-state index in [1.54, 1.807) is 0 Å². The van der Waals surface area contributed by atoms with Crippen molar-refractivity contribution in [3.8, 4) is 0 Å². The molecule has 146 valence electrons. The van der Waals surface area contributed by atoms with Crippen molar-refractivity contribution in [2.45, 2.75) is 26.2 Å². The molecule has 0 saturated carbocycles. The van der Waals surface area contributed by atoms with Gasteiger partial charge in [-0.1, -0.05) is 35.9 Å². The Kier molecular flexibility index (Phi) is 5.58. The molecule has 0 radical (unpaired) electrons. The van der Waals surface area contributed by atoms with E-state index in [1.807, 2.05) is 23.1 Å². The summed E-state index contributed by atoms with van der Waals surface area (Å²) in [5.41, 5.74) is 4.86. The first-order valence-electron chi connectivity index (χ1n) is 9.96. The second-order valence-electron chi connectivity index (χ2n) is 7.51. The van der Waals surface area contributed by atoms with Crippen LogP contribution in [0.1, 0.15) is 24.0 Å². The van der Waals surface area contributed by atoms with Gasteiger partial charge in [-0.05, 0) is 49.1 Å². The van der Waals surface area contributed by atoms with Crippen LogP contribution >= 0.6 is 11.6 Å². The maximum Gasteiger partial charge on any atom is 0.222 e. The second-order valence-corrected chi connectivity index (χ2v) is 7.95. The summed E-state index contributed by atoms with van der Waals surface area (Å²) >= 11 is 6.16. The van der Waals surface area contributed by atoms with Crippen molar-refractivity contribution in [1.82, 2.24) is 9.88 Å². The van der Waals surface area contributed by atoms with Crippen LogP contribution in [-0.2, 0) is 11.2 Å². The Morgan fingerprint density at radius 1 is 1.11 bits per heavy atom. The second kappa shape index (κ2) is 8.27. The minimum absolute atomic E-state index is 0.266. The summed E-state index contributed by atoms with van der Waals surface area (Å²) in [5.74, 6) is 0.266. The van der Waals surface area contributed by atoms with E-state index in [4.69, 9.17) is 11.6 Å². The van der Waals surface area contributed by atoms with E-state index in [9.17, 15) is 4.79 Å². The molecule has 0 atom stereocenters. The summed E-state index contributed by atoms with van der Waals surface area (Å²) in [6.45, 7) is 5.37. The fourth-order valence-corrected chi connectivity index (χ4v) is 4.21. The Morgan fingerprint density at radius 2 is 1.89 bits per heavy atom. The van der Waals surface area contributed by atoms with Gasteiger partial charge in [-0.15, -0.1) is 0 Å². The van der Waals surface area contributed by atoms with Crippen LogP contribution in [0.4, 0.5) is 5.69 Å². The quantitative estimate of drug-likeness (QED) is 0.673. The zero-order valence-electron chi connectivity index (χ0n) is 16.2. The van der Waals surface area contributed by atoms with Crippen molar-refractivity contribution in [1.29, 1.82) is 0 Å². The normalized spacial score (nSPS) is 14.6. The van der Waals surface area contributed by atoms with Gasteiger partial charge >= 0.3 is 0 Å². The lowest BCUT2D eigenvalue weighted by molar-refractivity contribution is -0.131. The van der Waals surface area contributed by atoms with Gasteiger partial charge in [-0.25, -0.2) is 0 Å². The first kappa shape index (κ1) is 18.9. The Bertz CT molecular complexity index is 973. The van der Waals surface area contributed by atoms with Crippen LogP contribution in [0, 0.1) is 6.92 Å². The van der Waals surface area contributed by atoms with Crippen LogP contribution in [0.15, 0.2) is 48.7 Å². The molecule has 1 amide bonds. The van der Waals surface area contributed by atoms with Gasteiger partial charge in [0.25, 0.3) is 0 Å². The molecule has 1 aliphatic heterocycles. The summed E-state index contributed by atoms with van der Waals surface area (Å²) in [5, 5.41) is 2.02. The fraction of sp³-hybridized carbons (Fsp3) is 0.348. The van der Waals surface area contributed by atoms with E-state index in [2.05, 4.69) is 47.3 Å². The Morgan fingerprint density at radius 3 is 2.71 bits per heavy atom. The van der Waals surface area contributed by atoms with Crippen molar-refractivity contribution < 1.29 is 4.79 Å². The number of nitrogens with one attached hydrogen (secondary N) is 1. The zero-order chi connectivity index (χ0) is 19.5. The summed E-state index contributed by atoms with van der Waals surface area (Å²) in [6.07, 6.45) is 4.49. The molecule has 4 rings (SSSR count). The lowest BCUT2D eigenvalue weighted by atomic mass is 10.1. The van der Waals surface area contributed by atoms with E-state index >= 15 is 0 Å². The number of piperazine rings is 1. The van der Waals surface area contributed by atoms with E-state index in [0.29, 0.717) is 6.42 Å². The maximum atomic E-state index is 12.6. The number of aryl methyl sites for hydroxylation is 2. The number of hydrogen-bond donors (Lipinski definition) is 1. The average Bonchev–Trinajstić information content (AvgIpc) is 3.13. The number of benzene rings is 2. The maximum absolute atomic E-state index is 12.6. The Hall–Kier alpha value is -2.46. The largest absolute Gasteiger partial charge is 0.368 e. The predicted octanol–water partition coefficient (Wildman–Crippen LogP) is 4.80. The standard InChI is InChI=1S/C23H26ClN3O/c1-17-9-10-19(24)15-22(17)26-11-13-27(14-12-26)23(28)8-4-5-18-16-25-21-7-3-2-6-20(18)21/h2-3,6-7,9-10,15-16,25H,4-5,8,11-14H2,1H3. The lowest BCUT2D eigenvalue weighted by Gasteiger charge is -2.37. The fourth-order valence-electron chi connectivity index (χ4n) is 4.05. The number of carbonyl (C=O) groups is 1. The minimum atomic E-state index is 0.266. The lowest BCUT2D eigenvalue weighted by Crippen LogP contribution is -2.49. The molecule has 1 aliphatic rings. The highest BCUT2D eigenvalue weighted by Gasteiger charge is 2.22. The first-order valence-corrected chi connectivity index (χ1v) is 10.3. The van der Waals surface area contributed by atoms with Crippen LogP contribution < -0.4 is 4.90 Å². The van der Waals surface area contributed by atoms with Crippen molar-refractivity contribution in [3.05, 3.63) is 64.8 Å². The van der Waals surface area contributed by atoms with Gasteiger partial charge in [0.15, 0.2) is 0 Å². The van der Waals surface area contributed by atoms with Gasteiger partial charge in [0.1, 0.15) is 0 Å². The minimum Gasteiger partial charge on any atom is -0.368 e. The van der Waals surface area contributed by atoms with E-state index in [0.717, 1.165) is 49.6 Å². The molecular formula is C23H26ClN3O. The summed E-state index contributed by atoms with van der Waals surface area (Å²) < 4.78 is 0. The molecule has 1 N–H and O–H groups in total. The van der Waals surface area contributed by atoms with Gasteiger partial charge in [0.05, 0.1) is 0 Å². The van der Waals surface area contributed by atoms with Crippen molar-refractivity contribution in [2.24, 2.45) is 0 Å². The van der Waals surface area contributed by atoms with Gasteiger partial charge < -0.3 is 14.8 Å². The highest BCUT2D eigenvalue weighted by atomic mass is 35.5. The number of halogens is 1. The van der Waals surface area contributed by atoms with Gasteiger partial charge in [-0.2, -0.15) is 0 Å². The third kappa shape index (κ3) is 4.02. The van der Waals surface area contributed by atoms with Gasteiger partial charge in [0, 0.05) is 60.4 Å². The van der Waals surface area contributed by atoms with Crippen molar-refractivity contribution >= 4 is 34.1 Å². The number of anilines is 1. The van der Waals surface area contributed by atoms with Crippen LogP contribution in [-0.4, -0.2) is 42.0 Å². The number of H-pyrrole nitrogens is 1. The number of carbonyl (C=O) groups excluding carboxylic acids is 1. The monoisotopic (exact) mass is 395 g/mol. The highest BCUT2D eigenvalue weighted by Crippen LogP contribution is 2.25. The van der Waals surface area contributed by atoms with E-state index in [-0.39, 0.29) is 5.91 Å². The van der Waals surface area contributed by atoms with Gasteiger partial charge in [-0.3, -0.25) is 4.79 Å². The molecule has 1 aromatic heterocycles. The van der Waals surface area contributed by atoms with Crippen molar-refractivity contribution in [2.75, 3.05) is 31.1 Å². The van der Waals surface area contributed by atoms with Crippen LogP contribution in [0.5, 0.6) is 0 Å². The molecule has 0 unspecified atom stereocenters. The molecule has 0 bridgehead atoms. The SMILES string of the molecule is Cc1ccc(Cl)cc1N1CCN(C(=O)CCCc2c[nH]c3ccccc23)CC1. The number of rotatable bonds is 5. The number of amides is 1. The molecule has 28 heavy (non-hydrogen) atoms. The Labute approximate surface area is 171 Å². The van der Waals surface area contributed by atoms with Crippen LogP contribution in [0.3, 0.4) is 0 Å². The molecule has 2 heterocycles. The van der Waals surface area contributed by atoms with E-state index < -0.39 is 0 Å². The Balaban J connectivity index is 1.28. The summed E-state index contributed by atoms with van der Waals surface area (Å²) in [4.78, 5) is 20.3. The summed E-state index contributed by atoms with van der Waals surface area (Å²) in [6, 6.07) is 14.3. The zero-order valence-corrected chi connectivity index (χ0v) is 17.0. The topological polar surface area (TPSA) is 39.3 Å². The van der Waals surface area contributed by atoms with Crippen LogP contribution in [0.25, 0.3) is 10.9 Å². The highest BCUT2D eigenvalue weighted by molar-refractivity contribution is 6.30. The number of aromatic nitrogens is 1. The third-order valence-corrected chi connectivity index (χ3v) is 5.89. The van der Waals surface area contributed by atoms with E-state index in [1.165, 1.54) is 22.2 Å². The number of para-hydroxylation sites is 1. The molecule has 4 nitrogen and oxygen atoms in total. The first-order chi connectivity index (χ1) is 13.6. The number of nitrogens with zero attached hydrogens (tertiary/aromatic N) is 2. The molecule has 0 spiro atoms. The smallest absolute Gasteiger partial charge is 0.222 e. The molecule has 2 aromatic carbocycles. The average molecular weight is 396 g/mol. The molecular weight excluding hydrogens is 370 g/mol. The summed E-state index contributed by atoms with van der Waals surface area (Å²) in [7, 11) is 0. The predicted molar refractivity (Wildman–Crippen MR) is 116 cm³/mol. The van der Waals surface area contributed by atoms with Crippen LogP contribution in [0.2, 0.25) is 5.02 Å².